The number of halogens is 1. The van der Waals surface area contributed by atoms with Gasteiger partial charge in [-0.25, -0.2) is 4.39 Å². The van der Waals surface area contributed by atoms with E-state index in [1.165, 1.54) is 0 Å². The van der Waals surface area contributed by atoms with Gasteiger partial charge in [0.1, 0.15) is 5.82 Å². The summed E-state index contributed by atoms with van der Waals surface area (Å²) in [6, 6.07) is 5.47. The van der Waals surface area contributed by atoms with Gasteiger partial charge in [0.2, 0.25) is 0 Å². The number of aryl methyl sites for hydroxylation is 1. The predicted octanol–water partition coefficient (Wildman–Crippen LogP) is 3.91. The number of hydrogen-bond donors (Lipinski definition) is 1. The fourth-order valence-electron chi connectivity index (χ4n) is 1.96. The van der Waals surface area contributed by atoms with E-state index in [9.17, 15) is 4.39 Å². The molecule has 1 N–H and O–H groups in total. The van der Waals surface area contributed by atoms with Gasteiger partial charge in [0, 0.05) is 5.25 Å². The lowest BCUT2D eigenvalue weighted by atomic mass is 10.1. The van der Waals surface area contributed by atoms with Crippen LogP contribution >= 0.6 is 11.8 Å². The molecule has 0 radical (unpaired) electrons. The number of thioether (sulfide) groups is 1. The van der Waals surface area contributed by atoms with Crippen molar-refractivity contribution in [1.82, 2.24) is 5.32 Å². The zero-order chi connectivity index (χ0) is 14.0. The van der Waals surface area contributed by atoms with E-state index in [0.29, 0.717) is 16.7 Å². The molecule has 0 aliphatic carbocycles. The summed E-state index contributed by atoms with van der Waals surface area (Å²) in [7, 11) is 0. The summed E-state index contributed by atoms with van der Waals surface area (Å²) in [4.78, 5) is 4.52. The Morgan fingerprint density at radius 3 is 2.68 bits per heavy atom. The molecule has 2 unspecified atom stereocenters. The highest BCUT2D eigenvalue weighted by Crippen LogP contribution is 2.27. The molecule has 0 aromatic heterocycles. The monoisotopic (exact) mass is 280 g/mol. The third-order valence-electron chi connectivity index (χ3n) is 3.46. The topological polar surface area (TPSA) is 24.4 Å². The molecule has 2 nitrogen and oxygen atoms in total. The van der Waals surface area contributed by atoms with Crippen LogP contribution in [0.2, 0.25) is 0 Å². The average molecular weight is 280 g/mol. The van der Waals surface area contributed by atoms with Crippen LogP contribution in [0.5, 0.6) is 0 Å². The minimum Gasteiger partial charge on any atom is -0.358 e. The number of hydrogen-bond acceptors (Lipinski definition) is 3. The lowest BCUT2D eigenvalue weighted by molar-refractivity contribution is 0.609. The predicted molar refractivity (Wildman–Crippen MR) is 81.2 cm³/mol. The van der Waals surface area contributed by atoms with Gasteiger partial charge >= 0.3 is 0 Å². The summed E-state index contributed by atoms with van der Waals surface area (Å²) in [6.45, 7) is 9.13. The number of aliphatic imine (C=N–C) groups is 1. The smallest absolute Gasteiger partial charge is 0.157 e. The molecule has 2 rings (SSSR count). The van der Waals surface area contributed by atoms with Crippen molar-refractivity contribution in [2.24, 2.45) is 10.9 Å². The molecule has 0 amide bonds. The molecule has 0 saturated carbocycles. The highest BCUT2D eigenvalue weighted by Gasteiger charge is 2.23. The van der Waals surface area contributed by atoms with Gasteiger partial charge in [-0.05, 0) is 37.0 Å². The van der Waals surface area contributed by atoms with Crippen LogP contribution in [-0.2, 0) is 0 Å². The van der Waals surface area contributed by atoms with E-state index in [2.05, 4.69) is 24.2 Å². The fourth-order valence-corrected chi connectivity index (χ4v) is 3.07. The van der Waals surface area contributed by atoms with Crippen LogP contribution in [0.4, 0.5) is 4.39 Å². The van der Waals surface area contributed by atoms with Gasteiger partial charge in [-0.1, -0.05) is 37.7 Å². The van der Waals surface area contributed by atoms with E-state index < -0.39 is 0 Å². The molecule has 1 heterocycles. The summed E-state index contributed by atoms with van der Waals surface area (Å²) in [6.07, 6.45) is 0. The molecule has 19 heavy (non-hydrogen) atoms. The summed E-state index contributed by atoms with van der Waals surface area (Å²) >= 11 is 1.79. The molecule has 1 aliphatic rings. The highest BCUT2D eigenvalue weighted by atomic mass is 32.2. The zero-order valence-corrected chi connectivity index (χ0v) is 12.7. The molecule has 0 fully saturated rings. The number of amidine groups is 1. The molecule has 1 aromatic carbocycles. The third-order valence-corrected chi connectivity index (χ3v) is 4.92. The van der Waals surface area contributed by atoms with Crippen molar-refractivity contribution in [2.75, 3.05) is 6.54 Å². The SMILES string of the molecule is Cc1ccc(C(C)NC2=NCC(C(C)C)S2)cc1F. The maximum Gasteiger partial charge on any atom is 0.157 e. The van der Waals surface area contributed by atoms with Crippen LogP contribution in [0.3, 0.4) is 0 Å². The lowest BCUT2D eigenvalue weighted by Gasteiger charge is -2.17. The summed E-state index contributed by atoms with van der Waals surface area (Å²) in [5, 5.41) is 4.91. The van der Waals surface area contributed by atoms with Gasteiger partial charge in [0.05, 0.1) is 12.6 Å². The average Bonchev–Trinajstić information content (AvgIpc) is 2.81. The second-order valence-corrected chi connectivity index (χ2v) is 6.65. The van der Waals surface area contributed by atoms with Crippen molar-refractivity contribution in [3.8, 4) is 0 Å². The molecule has 0 bridgehead atoms. The van der Waals surface area contributed by atoms with Crippen molar-refractivity contribution in [1.29, 1.82) is 0 Å². The minimum absolute atomic E-state index is 0.0762. The first-order valence-corrected chi connectivity index (χ1v) is 7.59. The first kappa shape index (κ1) is 14.4. The Morgan fingerprint density at radius 2 is 2.11 bits per heavy atom. The zero-order valence-electron chi connectivity index (χ0n) is 11.9. The highest BCUT2D eigenvalue weighted by molar-refractivity contribution is 8.14. The number of rotatable bonds is 3. The molecular weight excluding hydrogens is 259 g/mol. The van der Waals surface area contributed by atoms with Crippen LogP contribution < -0.4 is 5.32 Å². The third kappa shape index (κ3) is 3.50. The first-order chi connectivity index (χ1) is 8.97. The molecule has 1 aromatic rings. The van der Waals surface area contributed by atoms with Crippen LogP contribution in [0, 0.1) is 18.7 Å². The molecular formula is C15H21FN2S. The van der Waals surface area contributed by atoms with E-state index >= 15 is 0 Å². The van der Waals surface area contributed by atoms with Crippen LogP contribution in [-0.4, -0.2) is 17.0 Å². The van der Waals surface area contributed by atoms with Crippen molar-refractivity contribution < 1.29 is 4.39 Å². The van der Waals surface area contributed by atoms with E-state index in [4.69, 9.17) is 0 Å². The van der Waals surface area contributed by atoms with Gasteiger partial charge in [0.25, 0.3) is 0 Å². The van der Waals surface area contributed by atoms with Gasteiger partial charge < -0.3 is 5.32 Å². The molecule has 0 saturated heterocycles. The Kier molecular flexibility index (Phi) is 4.50. The molecule has 4 heteroatoms. The van der Waals surface area contributed by atoms with E-state index in [1.54, 1.807) is 24.8 Å². The van der Waals surface area contributed by atoms with Crippen molar-refractivity contribution >= 4 is 16.9 Å². The van der Waals surface area contributed by atoms with E-state index in [0.717, 1.165) is 17.3 Å². The molecule has 2 atom stereocenters. The second kappa shape index (κ2) is 5.95. The van der Waals surface area contributed by atoms with E-state index in [1.807, 2.05) is 19.1 Å². The summed E-state index contributed by atoms with van der Waals surface area (Å²) < 4.78 is 13.6. The Morgan fingerprint density at radius 1 is 1.37 bits per heavy atom. The number of nitrogens with zero attached hydrogens (tertiary/aromatic N) is 1. The maximum atomic E-state index is 13.6. The van der Waals surface area contributed by atoms with Gasteiger partial charge in [-0.3, -0.25) is 4.99 Å². The summed E-state index contributed by atoms with van der Waals surface area (Å²) in [5.41, 5.74) is 1.64. The van der Waals surface area contributed by atoms with Crippen LogP contribution in [0.1, 0.15) is 37.9 Å². The van der Waals surface area contributed by atoms with Gasteiger partial charge in [-0.2, -0.15) is 0 Å². The Hall–Kier alpha value is -1.03. The fraction of sp³-hybridized carbons (Fsp3) is 0.533. The summed E-state index contributed by atoms with van der Waals surface area (Å²) in [5.74, 6) is 0.479. The Balaban J connectivity index is 1.98. The number of benzene rings is 1. The first-order valence-electron chi connectivity index (χ1n) is 6.71. The van der Waals surface area contributed by atoms with Crippen LogP contribution in [0.25, 0.3) is 0 Å². The maximum absolute atomic E-state index is 13.6. The molecule has 0 spiro atoms. The molecule has 104 valence electrons. The Bertz CT molecular complexity index is 485. The standard InChI is InChI=1S/C15H21FN2S/c1-9(2)14-8-17-15(19-14)18-11(4)12-6-5-10(3)13(16)7-12/h5-7,9,11,14H,8H2,1-4H3,(H,17,18). The van der Waals surface area contributed by atoms with Crippen molar-refractivity contribution in [2.45, 2.75) is 39.0 Å². The normalized spacial score (nSPS) is 20.5. The quantitative estimate of drug-likeness (QED) is 0.907. The van der Waals surface area contributed by atoms with Gasteiger partial charge in [-0.15, -0.1) is 0 Å². The van der Waals surface area contributed by atoms with E-state index in [-0.39, 0.29) is 11.9 Å². The lowest BCUT2D eigenvalue weighted by Crippen LogP contribution is -2.24. The van der Waals surface area contributed by atoms with Gasteiger partial charge in [0.15, 0.2) is 5.17 Å². The Labute approximate surface area is 118 Å². The molecule has 1 aliphatic heterocycles. The van der Waals surface area contributed by atoms with Crippen molar-refractivity contribution in [3.63, 3.8) is 0 Å². The minimum atomic E-state index is -0.146. The number of nitrogens with one attached hydrogen (secondary N) is 1. The second-order valence-electron chi connectivity index (χ2n) is 5.42. The largest absolute Gasteiger partial charge is 0.358 e. The van der Waals surface area contributed by atoms with Crippen molar-refractivity contribution in [3.05, 3.63) is 35.1 Å². The van der Waals surface area contributed by atoms with Crippen LogP contribution in [0.15, 0.2) is 23.2 Å².